The van der Waals surface area contributed by atoms with Gasteiger partial charge in [0.2, 0.25) is 5.91 Å². The number of nitrogens with one attached hydrogen (secondary N) is 1. The van der Waals surface area contributed by atoms with Crippen molar-refractivity contribution in [3.8, 4) is 0 Å². The number of likely N-dealkylation sites (tertiary alicyclic amines) is 1. The standard InChI is InChI=1S/C20H26N4O3/c1-23-10-7-16(22-23)21-17(25)13-24-11-8-20(9-12-24)15-6-4-3-5-14(15)18(27-2)19(20)26/h3-7,10,18-19,26H,8-9,11-13H2,1-2H3,(H,21,22,25)/t18-,19+/m1/s1. The molecule has 0 bridgehead atoms. The highest BCUT2D eigenvalue weighted by atomic mass is 16.5. The Morgan fingerprint density at radius 1 is 1.33 bits per heavy atom. The van der Waals surface area contributed by atoms with Crippen molar-refractivity contribution in [2.24, 2.45) is 7.05 Å². The van der Waals surface area contributed by atoms with Crippen LogP contribution in [0.15, 0.2) is 36.5 Å². The summed E-state index contributed by atoms with van der Waals surface area (Å²) >= 11 is 0. The van der Waals surface area contributed by atoms with Crippen molar-refractivity contribution in [3.63, 3.8) is 0 Å². The zero-order valence-electron chi connectivity index (χ0n) is 15.8. The first-order valence-electron chi connectivity index (χ1n) is 9.35. The van der Waals surface area contributed by atoms with Gasteiger partial charge in [-0.2, -0.15) is 5.10 Å². The molecule has 1 aliphatic heterocycles. The summed E-state index contributed by atoms with van der Waals surface area (Å²) in [6.45, 7) is 1.85. The quantitative estimate of drug-likeness (QED) is 0.852. The van der Waals surface area contributed by atoms with Crippen molar-refractivity contribution in [3.05, 3.63) is 47.7 Å². The van der Waals surface area contributed by atoms with Crippen molar-refractivity contribution in [1.29, 1.82) is 0 Å². The number of aromatic nitrogens is 2. The molecule has 4 rings (SSSR count). The van der Waals surface area contributed by atoms with Crippen LogP contribution in [0.4, 0.5) is 5.82 Å². The molecule has 1 saturated heterocycles. The molecule has 1 aromatic heterocycles. The first-order valence-corrected chi connectivity index (χ1v) is 9.35. The second-order valence-corrected chi connectivity index (χ2v) is 7.54. The Morgan fingerprint density at radius 2 is 2.07 bits per heavy atom. The number of nitrogens with zero attached hydrogens (tertiary/aromatic N) is 3. The Kier molecular flexibility index (Phi) is 4.75. The Hall–Kier alpha value is -2.22. The predicted octanol–water partition coefficient (Wildman–Crippen LogP) is 1.45. The van der Waals surface area contributed by atoms with Crippen LogP contribution in [-0.2, 0) is 22.0 Å². The van der Waals surface area contributed by atoms with Crippen molar-refractivity contribution >= 4 is 11.7 Å². The maximum atomic E-state index is 12.3. The molecule has 1 spiro atoms. The van der Waals surface area contributed by atoms with E-state index >= 15 is 0 Å². The van der Waals surface area contributed by atoms with E-state index in [2.05, 4.69) is 21.4 Å². The number of piperidine rings is 1. The summed E-state index contributed by atoms with van der Waals surface area (Å²) in [5.41, 5.74) is 2.00. The molecule has 2 aliphatic rings. The minimum absolute atomic E-state index is 0.0632. The molecular formula is C20H26N4O3. The number of amides is 1. The lowest BCUT2D eigenvalue weighted by molar-refractivity contribution is -0.118. The van der Waals surface area contributed by atoms with Crippen LogP contribution in [0.25, 0.3) is 0 Å². The van der Waals surface area contributed by atoms with Crippen molar-refractivity contribution in [1.82, 2.24) is 14.7 Å². The summed E-state index contributed by atoms with van der Waals surface area (Å²) in [6, 6.07) is 9.96. The average molecular weight is 370 g/mol. The number of aliphatic hydroxyl groups is 1. The second kappa shape index (κ2) is 7.07. The first-order chi connectivity index (χ1) is 13.0. The molecule has 0 saturated carbocycles. The number of ether oxygens (including phenoxy) is 1. The largest absolute Gasteiger partial charge is 0.389 e. The molecule has 2 atom stereocenters. The fourth-order valence-corrected chi connectivity index (χ4v) is 4.62. The molecular weight excluding hydrogens is 344 g/mol. The smallest absolute Gasteiger partial charge is 0.239 e. The highest BCUT2D eigenvalue weighted by molar-refractivity contribution is 5.91. The number of benzene rings is 1. The fourth-order valence-electron chi connectivity index (χ4n) is 4.62. The number of anilines is 1. The van der Waals surface area contributed by atoms with E-state index in [1.54, 1.807) is 24.1 Å². The van der Waals surface area contributed by atoms with Gasteiger partial charge in [-0.05, 0) is 37.1 Å². The van der Waals surface area contributed by atoms with Crippen LogP contribution in [0, 0.1) is 0 Å². The molecule has 27 heavy (non-hydrogen) atoms. The van der Waals surface area contributed by atoms with E-state index < -0.39 is 6.10 Å². The van der Waals surface area contributed by atoms with Crippen LogP contribution in [0.5, 0.6) is 0 Å². The number of hydrogen-bond donors (Lipinski definition) is 2. The Balaban J connectivity index is 1.42. The van der Waals surface area contributed by atoms with Crippen LogP contribution in [0.1, 0.15) is 30.1 Å². The van der Waals surface area contributed by atoms with Crippen LogP contribution < -0.4 is 5.32 Å². The van der Waals surface area contributed by atoms with Gasteiger partial charge in [0.25, 0.3) is 0 Å². The molecule has 2 heterocycles. The summed E-state index contributed by atoms with van der Waals surface area (Å²) < 4.78 is 7.26. The molecule has 7 heteroatoms. The Morgan fingerprint density at radius 3 is 2.74 bits per heavy atom. The van der Waals surface area contributed by atoms with E-state index in [-0.39, 0.29) is 17.4 Å². The van der Waals surface area contributed by atoms with E-state index in [4.69, 9.17) is 4.74 Å². The third-order valence-corrected chi connectivity index (χ3v) is 6.01. The number of hydrogen-bond acceptors (Lipinski definition) is 5. The number of methoxy groups -OCH3 is 1. The maximum Gasteiger partial charge on any atom is 0.239 e. The molecule has 1 amide bonds. The van der Waals surface area contributed by atoms with Gasteiger partial charge in [-0.3, -0.25) is 14.4 Å². The normalized spacial score (nSPS) is 24.1. The first kappa shape index (κ1) is 18.2. The summed E-state index contributed by atoms with van der Waals surface area (Å²) in [5.74, 6) is 0.505. The van der Waals surface area contributed by atoms with Crippen LogP contribution >= 0.6 is 0 Å². The second-order valence-electron chi connectivity index (χ2n) is 7.54. The van der Waals surface area contributed by atoms with E-state index in [9.17, 15) is 9.90 Å². The number of aliphatic hydroxyl groups excluding tert-OH is 1. The number of aryl methyl sites for hydroxylation is 1. The van der Waals surface area contributed by atoms with Crippen molar-refractivity contribution in [2.75, 3.05) is 32.1 Å². The number of fused-ring (bicyclic) bond motifs is 2. The zero-order valence-corrected chi connectivity index (χ0v) is 15.8. The van der Waals surface area contributed by atoms with Gasteiger partial charge in [-0.15, -0.1) is 0 Å². The molecule has 2 aromatic rings. The molecule has 1 aromatic carbocycles. The molecule has 2 N–H and O–H groups in total. The summed E-state index contributed by atoms with van der Waals surface area (Å²) in [6.07, 6.45) is 2.58. The summed E-state index contributed by atoms with van der Waals surface area (Å²) in [5, 5.41) is 18.0. The van der Waals surface area contributed by atoms with E-state index in [1.807, 2.05) is 25.2 Å². The summed E-state index contributed by atoms with van der Waals surface area (Å²) in [7, 11) is 3.47. The van der Waals surface area contributed by atoms with Gasteiger partial charge in [-0.1, -0.05) is 24.3 Å². The number of carbonyl (C=O) groups is 1. The minimum atomic E-state index is -0.551. The molecule has 0 unspecified atom stereocenters. The number of rotatable bonds is 4. The number of carbonyl (C=O) groups excluding carboxylic acids is 1. The predicted molar refractivity (Wildman–Crippen MR) is 101 cm³/mol. The van der Waals surface area contributed by atoms with Crippen LogP contribution in [0.3, 0.4) is 0 Å². The molecule has 1 aliphatic carbocycles. The highest BCUT2D eigenvalue weighted by Crippen LogP contribution is 2.51. The van der Waals surface area contributed by atoms with Crippen LogP contribution in [-0.4, -0.2) is 58.5 Å². The Labute approximate surface area is 158 Å². The molecule has 0 radical (unpaired) electrons. The maximum absolute atomic E-state index is 12.3. The third-order valence-electron chi connectivity index (χ3n) is 6.01. The zero-order chi connectivity index (χ0) is 19.0. The molecule has 144 valence electrons. The van der Waals surface area contributed by atoms with Gasteiger partial charge in [0.15, 0.2) is 5.82 Å². The SMILES string of the molecule is CO[C@@H]1c2ccccc2C2(CCN(CC(=O)Nc3ccn(C)n3)CC2)[C@H]1O. The third kappa shape index (κ3) is 3.16. The fraction of sp³-hybridized carbons (Fsp3) is 0.500. The topological polar surface area (TPSA) is 79.6 Å². The average Bonchev–Trinajstić information content (AvgIpc) is 3.17. The van der Waals surface area contributed by atoms with Gasteiger partial charge in [-0.25, -0.2) is 0 Å². The van der Waals surface area contributed by atoms with E-state index in [0.717, 1.165) is 31.5 Å². The molecule has 1 fully saturated rings. The van der Waals surface area contributed by atoms with Crippen LogP contribution in [0.2, 0.25) is 0 Å². The van der Waals surface area contributed by atoms with Crippen molar-refractivity contribution < 1.29 is 14.6 Å². The van der Waals surface area contributed by atoms with Gasteiger partial charge < -0.3 is 15.2 Å². The van der Waals surface area contributed by atoms with E-state index in [0.29, 0.717) is 12.4 Å². The van der Waals surface area contributed by atoms with Gasteiger partial charge in [0.1, 0.15) is 6.10 Å². The lowest BCUT2D eigenvalue weighted by Crippen LogP contribution is -2.49. The lowest BCUT2D eigenvalue weighted by Gasteiger charge is -2.42. The minimum Gasteiger partial charge on any atom is -0.389 e. The lowest BCUT2D eigenvalue weighted by atomic mass is 9.72. The summed E-state index contributed by atoms with van der Waals surface area (Å²) in [4.78, 5) is 14.4. The highest BCUT2D eigenvalue weighted by Gasteiger charge is 2.52. The van der Waals surface area contributed by atoms with Gasteiger partial charge in [0.05, 0.1) is 12.6 Å². The van der Waals surface area contributed by atoms with Gasteiger partial charge in [0, 0.05) is 31.8 Å². The van der Waals surface area contributed by atoms with Gasteiger partial charge >= 0.3 is 0 Å². The molecule has 7 nitrogen and oxygen atoms in total. The van der Waals surface area contributed by atoms with E-state index in [1.165, 1.54) is 5.56 Å². The monoisotopic (exact) mass is 370 g/mol. The Bertz CT molecular complexity index is 826. The van der Waals surface area contributed by atoms with Crippen molar-refractivity contribution in [2.45, 2.75) is 30.5 Å².